The van der Waals surface area contributed by atoms with Crippen LogP contribution >= 0.6 is 0 Å². The first-order valence-corrected chi connectivity index (χ1v) is 4.80. The van der Waals surface area contributed by atoms with Gasteiger partial charge in [0.15, 0.2) is 0 Å². The maximum Gasteiger partial charge on any atom is 0.123 e. The first-order valence-electron chi connectivity index (χ1n) is 4.80. The Morgan fingerprint density at radius 2 is 2.07 bits per heavy atom. The van der Waals surface area contributed by atoms with Crippen molar-refractivity contribution in [3.63, 3.8) is 0 Å². The normalized spacial score (nSPS) is 20.0. The van der Waals surface area contributed by atoms with Gasteiger partial charge in [0.25, 0.3) is 0 Å². The molecule has 3 nitrogen and oxygen atoms in total. The number of rotatable bonds is 3. The molecule has 0 amide bonds. The Labute approximate surface area is 84.0 Å². The monoisotopic (exact) mass is 193 g/mol. The molecule has 76 valence electrons. The average Bonchev–Trinajstić information content (AvgIpc) is 2.15. The molecule has 14 heavy (non-hydrogen) atoms. The zero-order chi connectivity index (χ0) is 9.97. The van der Waals surface area contributed by atoms with E-state index in [0.717, 1.165) is 18.0 Å². The van der Waals surface area contributed by atoms with Crippen LogP contribution in [0.15, 0.2) is 18.2 Å². The largest absolute Gasteiger partial charge is 0.497 e. The molecule has 0 aliphatic carbocycles. The van der Waals surface area contributed by atoms with E-state index < -0.39 is 0 Å². The van der Waals surface area contributed by atoms with E-state index in [4.69, 9.17) is 9.47 Å². The van der Waals surface area contributed by atoms with Gasteiger partial charge in [-0.25, -0.2) is 0 Å². The SMILES string of the molecule is COc1ccc(OC)c([C@@H]2CCN2)c1. The van der Waals surface area contributed by atoms with Gasteiger partial charge in [-0.1, -0.05) is 0 Å². The van der Waals surface area contributed by atoms with Crippen molar-refractivity contribution in [3.05, 3.63) is 23.8 Å². The Kier molecular flexibility index (Phi) is 2.59. The first kappa shape index (κ1) is 9.34. The van der Waals surface area contributed by atoms with Crippen LogP contribution in [-0.2, 0) is 0 Å². The van der Waals surface area contributed by atoms with Crippen LogP contribution in [0.2, 0.25) is 0 Å². The lowest BCUT2D eigenvalue weighted by Gasteiger charge is -2.29. The van der Waals surface area contributed by atoms with Gasteiger partial charge < -0.3 is 14.8 Å². The van der Waals surface area contributed by atoms with Crippen molar-refractivity contribution in [2.45, 2.75) is 12.5 Å². The van der Waals surface area contributed by atoms with Crippen molar-refractivity contribution in [2.75, 3.05) is 20.8 Å². The zero-order valence-electron chi connectivity index (χ0n) is 8.54. The Balaban J connectivity index is 2.31. The smallest absolute Gasteiger partial charge is 0.123 e. The first-order chi connectivity index (χ1) is 6.85. The molecule has 0 saturated carbocycles. The molecule has 0 bridgehead atoms. The summed E-state index contributed by atoms with van der Waals surface area (Å²) in [4.78, 5) is 0. The molecular weight excluding hydrogens is 178 g/mol. The minimum absolute atomic E-state index is 0.431. The van der Waals surface area contributed by atoms with Crippen LogP contribution in [0.1, 0.15) is 18.0 Å². The van der Waals surface area contributed by atoms with Crippen molar-refractivity contribution in [2.24, 2.45) is 0 Å². The minimum Gasteiger partial charge on any atom is -0.497 e. The van der Waals surface area contributed by atoms with Gasteiger partial charge in [0, 0.05) is 11.6 Å². The summed E-state index contributed by atoms with van der Waals surface area (Å²) in [6.07, 6.45) is 1.17. The molecule has 1 fully saturated rings. The number of methoxy groups -OCH3 is 2. The Bertz CT molecular complexity index is 321. The second-order valence-corrected chi connectivity index (χ2v) is 3.40. The molecule has 1 aromatic rings. The average molecular weight is 193 g/mol. The molecule has 1 N–H and O–H groups in total. The lowest BCUT2D eigenvalue weighted by atomic mass is 9.97. The molecule has 0 unspecified atom stereocenters. The predicted molar refractivity (Wildman–Crippen MR) is 54.9 cm³/mol. The van der Waals surface area contributed by atoms with E-state index >= 15 is 0 Å². The zero-order valence-corrected chi connectivity index (χ0v) is 8.54. The molecule has 1 atom stereocenters. The van der Waals surface area contributed by atoms with Crippen LogP contribution in [0.5, 0.6) is 11.5 Å². The molecule has 1 saturated heterocycles. The van der Waals surface area contributed by atoms with Gasteiger partial charge in [0.2, 0.25) is 0 Å². The maximum absolute atomic E-state index is 5.31. The van der Waals surface area contributed by atoms with E-state index in [1.54, 1.807) is 14.2 Å². The Morgan fingerprint density at radius 3 is 2.57 bits per heavy atom. The summed E-state index contributed by atoms with van der Waals surface area (Å²) in [5.74, 6) is 1.82. The fraction of sp³-hybridized carbons (Fsp3) is 0.455. The van der Waals surface area contributed by atoms with Gasteiger partial charge in [-0.15, -0.1) is 0 Å². The fourth-order valence-corrected chi connectivity index (χ4v) is 1.67. The molecule has 1 heterocycles. The lowest BCUT2D eigenvalue weighted by molar-refractivity contribution is 0.349. The van der Waals surface area contributed by atoms with Crippen LogP contribution in [0, 0.1) is 0 Å². The topological polar surface area (TPSA) is 30.5 Å². The van der Waals surface area contributed by atoms with Crippen molar-refractivity contribution in [3.8, 4) is 11.5 Å². The third-order valence-corrected chi connectivity index (χ3v) is 2.64. The van der Waals surface area contributed by atoms with E-state index in [-0.39, 0.29) is 0 Å². The van der Waals surface area contributed by atoms with Gasteiger partial charge in [-0.3, -0.25) is 0 Å². The highest BCUT2D eigenvalue weighted by Gasteiger charge is 2.22. The van der Waals surface area contributed by atoms with Crippen LogP contribution in [0.3, 0.4) is 0 Å². The molecular formula is C11H15NO2. The van der Waals surface area contributed by atoms with Crippen LogP contribution in [0.4, 0.5) is 0 Å². The second-order valence-electron chi connectivity index (χ2n) is 3.40. The Morgan fingerprint density at radius 1 is 1.29 bits per heavy atom. The predicted octanol–water partition coefficient (Wildman–Crippen LogP) is 1.74. The van der Waals surface area contributed by atoms with E-state index in [2.05, 4.69) is 5.32 Å². The van der Waals surface area contributed by atoms with Gasteiger partial charge in [0.1, 0.15) is 11.5 Å². The highest BCUT2D eigenvalue weighted by molar-refractivity contribution is 5.42. The molecule has 1 aliphatic rings. The van der Waals surface area contributed by atoms with Crippen molar-refractivity contribution < 1.29 is 9.47 Å². The lowest BCUT2D eigenvalue weighted by Crippen LogP contribution is -2.35. The summed E-state index contributed by atoms with van der Waals surface area (Å²) in [5.41, 5.74) is 1.19. The summed E-state index contributed by atoms with van der Waals surface area (Å²) in [6, 6.07) is 6.34. The molecule has 1 aliphatic heterocycles. The van der Waals surface area contributed by atoms with Crippen LogP contribution < -0.4 is 14.8 Å². The van der Waals surface area contributed by atoms with Gasteiger partial charge in [0.05, 0.1) is 14.2 Å². The number of benzene rings is 1. The molecule has 3 heteroatoms. The van der Waals surface area contributed by atoms with E-state index in [1.807, 2.05) is 18.2 Å². The van der Waals surface area contributed by atoms with E-state index in [9.17, 15) is 0 Å². The molecule has 0 spiro atoms. The minimum atomic E-state index is 0.431. The van der Waals surface area contributed by atoms with Crippen molar-refractivity contribution in [1.82, 2.24) is 5.32 Å². The highest BCUT2D eigenvalue weighted by atomic mass is 16.5. The summed E-state index contributed by atoms with van der Waals surface area (Å²) in [5, 5.41) is 3.35. The standard InChI is InChI=1S/C11H15NO2/c1-13-8-3-4-11(14-2)9(7-8)10-5-6-12-10/h3-4,7,10,12H,5-6H2,1-2H3/t10-/m0/s1. The van der Waals surface area contributed by atoms with E-state index in [1.165, 1.54) is 12.0 Å². The Hall–Kier alpha value is -1.22. The molecule has 0 aromatic heterocycles. The van der Waals surface area contributed by atoms with Gasteiger partial charge >= 0.3 is 0 Å². The number of hydrogen-bond acceptors (Lipinski definition) is 3. The maximum atomic E-state index is 5.31. The van der Waals surface area contributed by atoms with Gasteiger partial charge in [-0.05, 0) is 31.2 Å². The quantitative estimate of drug-likeness (QED) is 0.793. The molecule has 0 radical (unpaired) electrons. The van der Waals surface area contributed by atoms with Gasteiger partial charge in [-0.2, -0.15) is 0 Å². The number of ether oxygens (including phenoxy) is 2. The molecule has 1 aromatic carbocycles. The van der Waals surface area contributed by atoms with Crippen molar-refractivity contribution in [1.29, 1.82) is 0 Å². The molecule has 2 rings (SSSR count). The summed E-state index contributed by atoms with van der Waals surface area (Å²) < 4.78 is 10.5. The van der Waals surface area contributed by atoms with Crippen molar-refractivity contribution >= 4 is 0 Å². The summed E-state index contributed by atoms with van der Waals surface area (Å²) >= 11 is 0. The third-order valence-electron chi connectivity index (χ3n) is 2.64. The van der Waals surface area contributed by atoms with Crippen LogP contribution in [-0.4, -0.2) is 20.8 Å². The highest BCUT2D eigenvalue weighted by Crippen LogP contribution is 2.33. The number of hydrogen-bond donors (Lipinski definition) is 1. The number of nitrogens with one attached hydrogen (secondary N) is 1. The second kappa shape index (κ2) is 3.88. The summed E-state index contributed by atoms with van der Waals surface area (Å²) in [7, 11) is 3.38. The third kappa shape index (κ3) is 1.55. The fourth-order valence-electron chi connectivity index (χ4n) is 1.67. The van der Waals surface area contributed by atoms with E-state index in [0.29, 0.717) is 6.04 Å². The van der Waals surface area contributed by atoms with Crippen LogP contribution in [0.25, 0.3) is 0 Å². The summed E-state index contributed by atoms with van der Waals surface area (Å²) in [6.45, 7) is 1.09.